The summed E-state index contributed by atoms with van der Waals surface area (Å²) in [6.45, 7) is 4.46. The number of rotatable bonds is 6. The van der Waals surface area contributed by atoms with Crippen LogP contribution in [0.1, 0.15) is 37.0 Å². The van der Waals surface area contributed by atoms with Crippen molar-refractivity contribution >= 4 is 22.4 Å². The normalized spacial score (nSPS) is 14.4. The minimum absolute atomic E-state index is 0.127. The van der Waals surface area contributed by atoms with E-state index in [0.29, 0.717) is 59.5 Å². The van der Waals surface area contributed by atoms with Crippen molar-refractivity contribution in [3.05, 3.63) is 58.5 Å². The molecule has 7 nitrogen and oxygen atoms in total. The molecule has 186 valence electrons. The van der Waals surface area contributed by atoms with Gasteiger partial charge in [0.25, 0.3) is 11.5 Å². The van der Waals surface area contributed by atoms with Crippen LogP contribution in [0.25, 0.3) is 16.5 Å². The van der Waals surface area contributed by atoms with E-state index in [1.165, 1.54) is 11.7 Å². The van der Waals surface area contributed by atoms with Crippen molar-refractivity contribution in [2.45, 2.75) is 39.0 Å². The zero-order valence-corrected chi connectivity index (χ0v) is 20.9. The molecular weight excluding hydrogens is 449 g/mol. The smallest absolute Gasteiger partial charge is 0.263 e. The molecule has 2 aromatic carbocycles. The Labute approximate surface area is 204 Å². The lowest BCUT2D eigenvalue weighted by molar-refractivity contribution is 0.0668. The van der Waals surface area contributed by atoms with E-state index in [1.54, 1.807) is 23.2 Å². The standard InChI is InChI=1S/C27H32FN3O4/c1-17(2)35-25-14-21-22(15-24(25)34-5)27(33)31(20-8-6-7-19(13-20)29(3)4)16-23(21)26(32)30-11-9-18(28)10-12-30/h6-8,13-18H,9-12H2,1-5H3. The number of benzene rings is 2. The molecule has 1 aromatic heterocycles. The van der Waals surface area contributed by atoms with Crippen LogP contribution in [-0.2, 0) is 0 Å². The van der Waals surface area contributed by atoms with E-state index in [4.69, 9.17) is 9.47 Å². The Bertz CT molecular complexity index is 1290. The maximum absolute atomic E-state index is 13.8. The van der Waals surface area contributed by atoms with E-state index < -0.39 is 6.17 Å². The largest absolute Gasteiger partial charge is 0.493 e. The van der Waals surface area contributed by atoms with Crippen molar-refractivity contribution in [1.29, 1.82) is 0 Å². The third-order valence-corrected chi connectivity index (χ3v) is 6.23. The number of hydrogen-bond acceptors (Lipinski definition) is 5. The summed E-state index contributed by atoms with van der Waals surface area (Å²) in [4.78, 5) is 31.0. The van der Waals surface area contributed by atoms with Crippen LogP contribution < -0.4 is 19.9 Å². The Morgan fingerprint density at radius 1 is 1.09 bits per heavy atom. The van der Waals surface area contributed by atoms with E-state index in [2.05, 4.69) is 0 Å². The minimum atomic E-state index is -0.895. The monoisotopic (exact) mass is 481 g/mol. The molecule has 0 saturated carbocycles. The molecule has 1 saturated heterocycles. The number of nitrogens with zero attached hydrogens (tertiary/aromatic N) is 3. The lowest BCUT2D eigenvalue weighted by Gasteiger charge is -2.29. The maximum atomic E-state index is 13.8. The fourth-order valence-corrected chi connectivity index (χ4v) is 4.36. The van der Waals surface area contributed by atoms with Crippen LogP contribution in [0.3, 0.4) is 0 Å². The number of methoxy groups -OCH3 is 1. The quantitative estimate of drug-likeness (QED) is 0.521. The van der Waals surface area contributed by atoms with E-state index in [9.17, 15) is 14.0 Å². The van der Waals surface area contributed by atoms with Crippen molar-refractivity contribution in [2.24, 2.45) is 0 Å². The Hall–Kier alpha value is -3.55. The van der Waals surface area contributed by atoms with Gasteiger partial charge in [0.15, 0.2) is 11.5 Å². The summed E-state index contributed by atoms with van der Waals surface area (Å²) in [5.41, 5.74) is 1.65. The van der Waals surface area contributed by atoms with Crippen LogP contribution in [0, 0.1) is 0 Å². The van der Waals surface area contributed by atoms with Crippen LogP contribution >= 0.6 is 0 Å². The van der Waals surface area contributed by atoms with Crippen LogP contribution in [0.5, 0.6) is 11.5 Å². The molecule has 2 heterocycles. The summed E-state index contributed by atoms with van der Waals surface area (Å²) in [6.07, 6.45) is 1.19. The van der Waals surface area contributed by atoms with E-state index in [0.717, 1.165) is 5.69 Å². The Morgan fingerprint density at radius 2 is 1.77 bits per heavy atom. The molecule has 35 heavy (non-hydrogen) atoms. The first-order valence-corrected chi connectivity index (χ1v) is 11.8. The van der Waals surface area contributed by atoms with Gasteiger partial charge in [0.2, 0.25) is 0 Å². The molecular formula is C27H32FN3O4. The first-order valence-electron chi connectivity index (χ1n) is 11.8. The zero-order valence-electron chi connectivity index (χ0n) is 20.9. The summed E-state index contributed by atoms with van der Waals surface area (Å²) in [5.74, 6) is 0.637. The third kappa shape index (κ3) is 4.97. The SMILES string of the molecule is COc1cc2c(=O)n(-c3cccc(N(C)C)c3)cc(C(=O)N3CCC(F)CC3)c2cc1OC(C)C. The molecule has 1 fully saturated rings. The molecule has 0 bridgehead atoms. The summed E-state index contributed by atoms with van der Waals surface area (Å²) in [6, 6.07) is 10.9. The second-order valence-electron chi connectivity index (χ2n) is 9.31. The van der Waals surface area contributed by atoms with Crippen LogP contribution in [-0.4, -0.2) is 61.9 Å². The van der Waals surface area contributed by atoms with Gasteiger partial charge in [0, 0.05) is 44.5 Å². The fraction of sp³-hybridized carbons (Fsp3) is 0.407. The first-order chi connectivity index (χ1) is 16.7. The van der Waals surface area contributed by atoms with Gasteiger partial charge in [0.05, 0.1) is 29.9 Å². The van der Waals surface area contributed by atoms with Crippen molar-refractivity contribution < 1.29 is 18.7 Å². The summed E-state index contributed by atoms with van der Waals surface area (Å²) in [5, 5.41) is 0.832. The predicted octanol–water partition coefficient (Wildman–Crippen LogP) is 4.43. The molecule has 0 spiro atoms. The Balaban J connectivity index is 1.96. The van der Waals surface area contributed by atoms with Gasteiger partial charge in [0.1, 0.15) is 6.17 Å². The number of amides is 1. The highest BCUT2D eigenvalue weighted by Gasteiger charge is 2.27. The molecule has 0 atom stereocenters. The third-order valence-electron chi connectivity index (χ3n) is 6.23. The number of ether oxygens (including phenoxy) is 2. The average molecular weight is 482 g/mol. The Kier molecular flexibility index (Phi) is 7.00. The van der Waals surface area contributed by atoms with Crippen molar-refractivity contribution in [2.75, 3.05) is 39.2 Å². The summed E-state index contributed by atoms with van der Waals surface area (Å²) >= 11 is 0. The van der Waals surface area contributed by atoms with Gasteiger partial charge in [-0.15, -0.1) is 0 Å². The first kappa shape index (κ1) is 24.6. The lowest BCUT2D eigenvalue weighted by atomic mass is 10.0. The van der Waals surface area contributed by atoms with Gasteiger partial charge < -0.3 is 19.3 Å². The Morgan fingerprint density at radius 3 is 2.40 bits per heavy atom. The van der Waals surface area contributed by atoms with Crippen molar-refractivity contribution in [3.63, 3.8) is 0 Å². The second-order valence-corrected chi connectivity index (χ2v) is 9.31. The van der Waals surface area contributed by atoms with Gasteiger partial charge >= 0.3 is 0 Å². The molecule has 0 aliphatic carbocycles. The van der Waals surface area contributed by atoms with E-state index in [1.807, 2.05) is 57.1 Å². The molecule has 0 radical (unpaired) electrons. The van der Waals surface area contributed by atoms with Crippen LogP contribution in [0.4, 0.5) is 10.1 Å². The average Bonchev–Trinajstić information content (AvgIpc) is 2.84. The van der Waals surface area contributed by atoms with E-state index >= 15 is 0 Å². The number of hydrogen-bond donors (Lipinski definition) is 0. The van der Waals surface area contributed by atoms with Gasteiger partial charge in [-0.3, -0.25) is 14.2 Å². The van der Waals surface area contributed by atoms with Gasteiger partial charge in [-0.2, -0.15) is 0 Å². The molecule has 4 rings (SSSR count). The number of anilines is 1. The van der Waals surface area contributed by atoms with Crippen molar-refractivity contribution in [3.8, 4) is 17.2 Å². The molecule has 1 amide bonds. The maximum Gasteiger partial charge on any atom is 0.263 e. The number of pyridine rings is 1. The van der Waals surface area contributed by atoms with Crippen LogP contribution in [0.2, 0.25) is 0 Å². The number of aromatic nitrogens is 1. The lowest BCUT2D eigenvalue weighted by Crippen LogP contribution is -2.39. The number of alkyl halides is 1. The molecule has 1 aliphatic heterocycles. The van der Waals surface area contributed by atoms with Gasteiger partial charge in [-0.25, -0.2) is 4.39 Å². The number of carbonyl (C=O) groups excluding carboxylic acids is 1. The number of likely N-dealkylation sites (tertiary alicyclic amines) is 1. The topological polar surface area (TPSA) is 64.0 Å². The molecule has 1 aliphatic rings. The molecule has 0 N–H and O–H groups in total. The number of fused-ring (bicyclic) bond motifs is 1. The predicted molar refractivity (Wildman–Crippen MR) is 136 cm³/mol. The highest BCUT2D eigenvalue weighted by molar-refractivity contribution is 6.07. The molecule has 3 aromatic rings. The zero-order chi connectivity index (χ0) is 25.3. The highest BCUT2D eigenvalue weighted by Crippen LogP contribution is 2.34. The fourth-order valence-electron chi connectivity index (χ4n) is 4.36. The summed E-state index contributed by atoms with van der Waals surface area (Å²) in [7, 11) is 5.36. The van der Waals surface area contributed by atoms with E-state index in [-0.39, 0.29) is 17.6 Å². The van der Waals surface area contributed by atoms with Crippen LogP contribution in [0.15, 0.2) is 47.4 Å². The number of halogens is 1. The van der Waals surface area contributed by atoms with Gasteiger partial charge in [-0.1, -0.05) is 6.07 Å². The van der Waals surface area contributed by atoms with Crippen molar-refractivity contribution in [1.82, 2.24) is 9.47 Å². The summed E-state index contributed by atoms with van der Waals surface area (Å²) < 4.78 is 26.7. The molecule has 0 unspecified atom stereocenters. The molecule has 8 heteroatoms. The number of piperidine rings is 1. The minimum Gasteiger partial charge on any atom is -0.493 e. The second kappa shape index (κ2) is 9.98. The number of carbonyl (C=O) groups is 1. The van der Waals surface area contributed by atoms with Gasteiger partial charge in [-0.05, 0) is 57.0 Å². The highest BCUT2D eigenvalue weighted by atomic mass is 19.1.